The molecule has 0 bridgehead atoms. The zero-order chi connectivity index (χ0) is 31.4. The molecule has 6 rings (SSSR count). The molecule has 0 amide bonds. The van der Waals surface area contributed by atoms with E-state index in [2.05, 4.69) is 20.3 Å². The molecular weight excluding hydrogens is 705 g/mol. The fourth-order valence-corrected chi connectivity index (χ4v) is 6.38. The van der Waals surface area contributed by atoms with Gasteiger partial charge in [-0.1, -0.05) is 36.4 Å². The second kappa shape index (κ2) is 15.0. The van der Waals surface area contributed by atoms with Gasteiger partial charge in [-0.25, -0.2) is 34.9 Å². The Bertz CT molecular complexity index is 2490. The molecule has 0 aliphatic heterocycles. The average molecular weight is 721 g/mol. The van der Waals surface area contributed by atoms with Crippen LogP contribution in [-0.2, 0) is 30.4 Å². The van der Waals surface area contributed by atoms with Crippen molar-refractivity contribution >= 4 is 64.3 Å². The summed E-state index contributed by atoms with van der Waals surface area (Å²) in [7, 11) is -14.7. The van der Waals surface area contributed by atoms with E-state index in [1.165, 1.54) is 72.0 Å². The van der Waals surface area contributed by atoms with Crippen molar-refractivity contribution in [3.8, 4) is 11.4 Å². The normalized spacial score (nSPS) is 12.1. The maximum Gasteiger partial charge on any atom is 1.00 e. The van der Waals surface area contributed by atoms with Gasteiger partial charge in [0.15, 0.2) is 0 Å². The Morgan fingerprint density at radius 3 is 1.79 bits per heavy atom. The molecule has 0 unspecified atom stereocenters. The van der Waals surface area contributed by atoms with Crippen LogP contribution in [0.5, 0.6) is 0 Å². The van der Waals surface area contributed by atoms with Gasteiger partial charge in [-0.3, -0.25) is 0 Å². The summed E-state index contributed by atoms with van der Waals surface area (Å²) in [5, 5.41) is 13.4. The van der Waals surface area contributed by atoms with Crippen LogP contribution in [0, 0.1) is 0 Å². The van der Waals surface area contributed by atoms with Gasteiger partial charge in [-0.05, 0) is 59.0 Å². The minimum Gasteiger partial charge on any atom is -0.744 e. The zero-order valence-electron chi connectivity index (χ0n) is 24.7. The molecule has 224 valence electrons. The average Bonchev–Trinajstić information content (AvgIpc) is 3.65. The van der Waals surface area contributed by atoms with Crippen molar-refractivity contribution < 1.29 is 128 Å². The van der Waals surface area contributed by atoms with Crippen LogP contribution >= 0.6 is 0 Å². The van der Waals surface area contributed by atoms with Crippen LogP contribution < -0.4 is 88.7 Å². The summed E-state index contributed by atoms with van der Waals surface area (Å²) in [6, 6.07) is 14.4. The van der Waals surface area contributed by atoms with Gasteiger partial charge in [-0.2, -0.15) is 9.90 Å². The molecule has 0 aliphatic carbocycles. The molecule has 0 saturated carbocycles. The molecule has 6 aromatic rings. The SMILES string of the molecule is O=S(=O)([O-])c1ccc2c(ccc3nn(-c4ccc(/C=C/c5ccc(-n6cncn6)cc5S(=O)(=O)[O-])c(S(=O)(=O)[O-])c4)nc32)c1.[Na+].[Na+].[Na+]. The molecule has 0 N–H and O–H groups in total. The fraction of sp³-hybridized carbons (Fsp3) is 0. The van der Waals surface area contributed by atoms with Crippen LogP contribution in [0.15, 0.2) is 94.1 Å². The van der Waals surface area contributed by atoms with Crippen molar-refractivity contribution in [3.63, 3.8) is 0 Å². The molecule has 0 radical (unpaired) electrons. The number of nitrogens with zero attached hydrogens (tertiary/aromatic N) is 6. The van der Waals surface area contributed by atoms with Crippen LogP contribution in [0.2, 0.25) is 0 Å². The number of hydrogen-bond acceptors (Lipinski definition) is 13. The van der Waals surface area contributed by atoms with Crippen molar-refractivity contribution in [1.29, 1.82) is 0 Å². The largest absolute Gasteiger partial charge is 1.00 e. The number of benzene rings is 4. The molecule has 0 spiro atoms. The molecule has 0 fully saturated rings. The molecule has 0 aliphatic rings. The van der Waals surface area contributed by atoms with Gasteiger partial charge in [0.25, 0.3) is 0 Å². The van der Waals surface area contributed by atoms with Crippen LogP contribution in [0.4, 0.5) is 0 Å². The number of rotatable bonds is 7. The molecule has 0 saturated heterocycles. The minimum atomic E-state index is -5.08. The van der Waals surface area contributed by atoms with Crippen molar-refractivity contribution in [3.05, 3.63) is 90.5 Å². The van der Waals surface area contributed by atoms with E-state index in [9.17, 15) is 38.9 Å². The Morgan fingerprint density at radius 2 is 1.23 bits per heavy atom. The summed E-state index contributed by atoms with van der Waals surface area (Å²) < 4.78 is 108. The predicted molar refractivity (Wildman–Crippen MR) is 151 cm³/mol. The smallest absolute Gasteiger partial charge is 0.744 e. The van der Waals surface area contributed by atoms with E-state index in [4.69, 9.17) is 0 Å². The van der Waals surface area contributed by atoms with Gasteiger partial charge in [0.05, 0.1) is 26.1 Å². The van der Waals surface area contributed by atoms with Crippen LogP contribution in [0.3, 0.4) is 0 Å². The van der Waals surface area contributed by atoms with Crippen LogP contribution in [-0.4, -0.2) is 68.7 Å². The number of aromatic nitrogens is 6. The standard InChI is InChI=1S/C26H18N6O9S3.3Na/c33-42(34,35)21-8-9-22-18(11-21)5-10-23-26(22)30-32(29-23)20-7-4-17(25(13-20)44(39,40)41)2-1-16-3-6-19(31-15-27-14-28-31)12-24(16)43(36,37)38;;;/h1-15H,(H,33,34,35)(H,36,37,38)(H,39,40,41);;;/q;3*+1/p-3/b2-1+;;;. The first kappa shape index (κ1) is 39.6. The summed E-state index contributed by atoms with van der Waals surface area (Å²) in [4.78, 5) is 3.15. The third-order valence-corrected chi connectivity index (χ3v) is 9.13. The number of fused-ring (bicyclic) bond motifs is 3. The first-order valence-electron chi connectivity index (χ1n) is 12.2. The number of hydrogen-bond donors (Lipinski definition) is 0. The van der Waals surface area contributed by atoms with Crippen molar-refractivity contribution in [2.24, 2.45) is 0 Å². The van der Waals surface area contributed by atoms with E-state index in [0.717, 1.165) is 23.0 Å². The van der Waals surface area contributed by atoms with Gasteiger partial charge >= 0.3 is 88.7 Å². The summed E-state index contributed by atoms with van der Waals surface area (Å²) in [5.41, 5.74) is 0.817. The maximum absolute atomic E-state index is 12.2. The maximum atomic E-state index is 12.2. The van der Waals surface area contributed by atoms with Crippen LogP contribution in [0.25, 0.3) is 45.3 Å². The van der Waals surface area contributed by atoms with Crippen molar-refractivity contribution in [2.75, 3.05) is 0 Å². The minimum absolute atomic E-state index is 0. The zero-order valence-corrected chi connectivity index (χ0v) is 33.2. The molecule has 2 heterocycles. The van der Waals surface area contributed by atoms with Gasteiger partial charge in [-0.15, -0.1) is 10.2 Å². The van der Waals surface area contributed by atoms with Gasteiger partial charge in [0, 0.05) is 5.39 Å². The summed E-state index contributed by atoms with van der Waals surface area (Å²) >= 11 is 0. The Balaban J connectivity index is 0.00000200. The first-order chi connectivity index (χ1) is 20.7. The summed E-state index contributed by atoms with van der Waals surface area (Å²) in [5.74, 6) is 0. The monoisotopic (exact) mass is 720 g/mol. The van der Waals surface area contributed by atoms with Crippen molar-refractivity contribution in [1.82, 2.24) is 29.8 Å². The summed E-state index contributed by atoms with van der Waals surface area (Å²) in [6.45, 7) is 0. The van der Waals surface area contributed by atoms with E-state index < -0.39 is 45.0 Å². The Morgan fingerprint density at radius 1 is 0.638 bits per heavy atom. The molecule has 21 heteroatoms. The van der Waals surface area contributed by atoms with Crippen LogP contribution in [0.1, 0.15) is 11.1 Å². The van der Waals surface area contributed by atoms with E-state index >= 15 is 0 Å². The van der Waals surface area contributed by atoms with Gasteiger partial charge < -0.3 is 13.7 Å². The van der Waals surface area contributed by atoms with Crippen molar-refractivity contribution in [2.45, 2.75) is 14.7 Å². The third-order valence-electron chi connectivity index (χ3n) is 6.52. The molecule has 47 heavy (non-hydrogen) atoms. The van der Waals surface area contributed by atoms with Gasteiger partial charge in [0.1, 0.15) is 54.0 Å². The molecule has 0 atom stereocenters. The van der Waals surface area contributed by atoms with E-state index in [1.54, 1.807) is 6.07 Å². The Kier molecular flexibility index (Phi) is 12.6. The topological polar surface area (TPSA) is 233 Å². The van der Waals surface area contributed by atoms with E-state index in [0.29, 0.717) is 21.8 Å². The second-order valence-corrected chi connectivity index (χ2v) is 13.4. The molecule has 15 nitrogen and oxygen atoms in total. The third kappa shape index (κ3) is 8.48. The van der Waals surface area contributed by atoms with Gasteiger partial charge in [0.2, 0.25) is 0 Å². The summed E-state index contributed by atoms with van der Waals surface area (Å²) in [6.07, 6.45) is 4.88. The Labute approximate surface area is 334 Å². The molecular formula is C26H15N6Na3O9S3. The van der Waals surface area contributed by atoms with E-state index in [1.807, 2.05) is 0 Å². The quantitative estimate of drug-likeness (QED) is 0.0849. The predicted octanol–water partition coefficient (Wildman–Crippen LogP) is -6.95. The Hall–Kier alpha value is -1.85. The first-order valence-corrected chi connectivity index (χ1v) is 16.4. The van der Waals surface area contributed by atoms with E-state index in [-0.39, 0.29) is 111 Å². The second-order valence-electron chi connectivity index (χ2n) is 9.29. The molecule has 2 aromatic heterocycles. The fourth-order valence-electron chi connectivity index (χ4n) is 4.50. The molecule has 4 aromatic carbocycles.